The van der Waals surface area contributed by atoms with Gasteiger partial charge in [-0.2, -0.15) is 0 Å². The van der Waals surface area contributed by atoms with Crippen molar-refractivity contribution in [2.24, 2.45) is 5.73 Å². The normalized spacial score (nSPS) is 17.3. The molecule has 0 saturated heterocycles. The minimum Gasteiger partial charge on any atom is -0.391 e. The third-order valence-corrected chi connectivity index (χ3v) is 4.19. The fraction of sp³-hybridized carbons (Fsp3) is 0.357. The van der Waals surface area contributed by atoms with E-state index < -0.39 is 5.54 Å². The molecule has 1 atom stereocenters. The molecule has 0 fully saturated rings. The molecule has 1 aromatic carbocycles. The highest BCUT2D eigenvalue weighted by Crippen LogP contribution is 2.32. The summed E-state index contributed by atoms with van der Waals surface area (Å²) in [6, 6.07) is 5.23. The van der Waals surface area contributed by atoms with Crippen molar-refractivity contribution in [3.05, 3.63) is 34.9 Å². The van der Waals surface area contributed by atoms with Crippen LogP contribution >= 0.6 is 12.2 Å². The van der Waals surface area contributed by atoms with Crippen molar-refractivity contribution in [3.63, 3.8) is 0 Å². The first-order valence-electron chi connectivity index (χ1n) is 6.12. The van der Waals surface area contributed by atoms with Crippen molar-refractivity contribution >= 4 is 29.0 Å². The quantitative estimate of drug-likeness (QED) is 0.678. The van der Waals surface area contributed by atoms with Gasteiger partial charge in [0.05, 0.1) is 21.7 Å². The van der Waals surface area contributed by atoms with Gasteiger partial charge < -0.3 is 5.73 Å². The lowest BCUT2D eigenvalue weighted by Gasteiger charge is -2.35. The first-order chi connectivity index (χ1) is 8.82. The highest BCUT2D eigenvalue weighted by atomic mass is 32.1. The lowest BCUT2D eigenvalue weighted by atomic mass is 9.96. The van der Waals surface area contributed by atoms with Crippen molar-refractivity contribution in [2.45, 2.75) is 32.7 Å². The van der Waals surface area contributed by atoms with Crippen molar-refractivity contribution < 1.29 is 9.59 Å². The van der Waals surface area contributed by atoms with E-state index in [4.69, 9.17) is 18.0 Å². The van der Waals surface area contributed by atoms with Crippen molar-refractivity contribution in [3.8, 4) is 0 Å². The molecular formula is C14H16N2O2S. The molecule has 0 saturated carbocycles. The molecule has 1 aliphatic heterocycles. The third-order valence-electron chi connectivity index (χ3n) is 3.75. The van der Waals surface area contributed by atoms with E-state index in [1.165, 1.54) is 4.90 Å². The van der Waals surface area contributed by atoms with Crippen LogP contribution in [0.2, 0.25) is 0 Å². The lowest BCUT2D eigenvalue weighted by molar-refractivity contribution is 0.0539. The Kier molecular flexibility index (Phi) is 3.18. The summed E-state index contributed by atoms with van der Waals surface area (Å²) in [5, 5.41) is 0. The maximum atomic E-state index is 12.5. The van der Waals surface area contributed by atoms with Gasteiger partial charge in [0.25, 0.3) is 11.8 Å². The summed E-state index contributed by atoms with van der Waals surface area (Å²) in [6.45, 7) is 5.46. The number of rotatable bonds is 3. The summed E-state index contributed by atoms with van der Waals surface area (Å²) < 4.78 is 0. The Morgan fingerprint density at radius 3 is 2.42 bits per heavy atom. The largest absolute Gasteiger partial charge is 0.391 e. The number of amides is 2. The summed E-state index contributed by atoms with van der Waals surface area (Å²) in [5.74, 6) is -0.641. The summed E-state index contributed by atoms with van der Waals surface area (Å²) in [5.41, 5.74) is 6.61. The molecule has 1 unspecified atom stereocenters. The number of hydrogen-bond acceptors (Lipinski definition) is 3. The van der Waals surface area contributed by atoms with Gasteiger partial charge in [-0.25, -0.2) is 0 Å². The first-order valence-corrected chi connectivity index (χ1v) is 6.53. The molecule has 1 aliphatic rings. The van der Waals surface area contributed by atoms with Gasteiger partial charge in [-0.3, -0.25) is 14.5 Å². The molecule has 100 valence electrons. The van der Waals surface area contributed by atoms with E-state index in [0.29, 0.717) is 17.5 Å². The van der Waals surface area contributed by atoms with Crippen molar-refractivity contribution in [1.29, 1.82) is 0 Å². The Bertz CT molecular complexity index is 597. The highest BCUT2D eigenvalue weighted by molar-refractivity contribution is 7.80. The molecule has 0 spiro atoms. The number of thiocarbonyl (C=S) groups is 1. The monoisotopic (exact) mass is 276 g/mol. The van der Waals surface area contributed by atoms with E-state index in [2.05, 4.69) is 0 Å². The van der Waals surface area contributed by atoms with E-state index in [9.17, 15) is 9.59 Å². The van der Waals surface area contributed by atoms with Crippen LogP contribution in [-0.4, -0.2) is 27.2 Å². The molecule has 2 amide bonds. The fourth-order valence-electron chi connectivity index (χ4n) is 2.25. The van der Waals surface area contributed by atoms with E-state index in [1.54, 1.807) is 19.1 Å². The molecule has 1 aromatic rings. The first kappa shape index (κ1) is 13.7. The fourth-order valence-corrected chi connectivity index (χ4v) is 2.48. The Labute approximate surface area is 117 Å². The summed E-state index contributed by atoms with van der Waals surface area (Å²) in [7, 11) is 0. The summed E-state index contributed by atoms with van der Waals surface area (Å²) in [4.78, 5) is 26.2. The minimum absolute atomic E-state index is 0.154. The second kappa shape index (κ2) is 4.42. The molecule has 0 bridgehead atoms. The van der Waals surface area contributed by atoms with Crippen molar-refractivity contribution in [2.75, 3.05) is 0 Å². The molecule has 0 aromatic heterocycles. The van der Waals surface area contributed by atoms with Crippen LogP contribution in [0, 0.1) is 6.92 Å². The molecule has 2 N–H and O–H groups in total. The average Bonchev–Trinajstić information content (AvgIpc) is 2.61. The predicted octanol–water partition coefficient (Wildman–Crippen LogP) is 2.05. The number of fused-ring (bicyclic) bond motifs is 1. The summed E-state index contributed by atoms with van der Waals surface area (Å²) >= 11 is 5.04. The van der Waals surface area contributed by atoms with Gasteiger partial charge in [-0.1, -0.05) is 30.8 Å². The van der Waals surface area contributed by atoms with Crippen LogP contribution in [0.25, 0.3) is 0 Å². The van der Waals surface area contributed by atoms with Crippen molar-refractivity contribution in [1.82, 2.24) is 4.90 Å². The maximum Gasteiger partial charge on any atom is 0.262 e. The number of nitrogens with zero attached hydrogens (tertiary/aromatic N) is 1. The predicted molar refractivity (Wildman–Crippen MR) is 77.2 cm³/mol. The van der Waals surface area contributed by atoms with E-state index in [1.807, 2.05) is 19.9 Å². The standard InChI is InChI=1S/C14H16N2O2S/c1-4-14(3,13(15)19)16-11(17)9-6-5-8(2)7-10(9)12(16)18/h5-7H,4H2,1-3H3,(H2,15,19). The molecule has 0 radical (unpaired) electrons. The highest BCUT2D eigenvalue weighted by Gasteiger charge is 2.47. The van der Waals surface area contributed by atoms with Gasteiger partial charge in [-0.05, 0) is 32.4 Å². The van der Waals surface area contributed by atoms with Gasteiger partial charge in [-0.15, -0.1) is 0 Å². The average molecular weight is 276 g/mol. The minimum atomic E-state index is -0.920. The molecular weight excluding hydrogens is 260 g/mol. The smallest absolute Gasteiger partial charge is 0.262 e. The number of imide groups is 1. The molecule has 19 heavy (non-hydrogen) atoms. The number of nitrogens with two attached hydrogens (primary N) is 1. The third kappa shape index (κ3) is 1.85. The Hall–Kier alpha value is -1.75. The number of carbonyl (C=O) groups excluding carboxylic acids is 2. The van der Waals surface area contributed by atoms with Gasteiger partial charge in [0.15, 0.2) is 0 Å². The van der Waals surface area contributed by atoms with Crippen LogP contribution in [0.1, 0.15) is 46.5 Å². The molecule has 5 heteroatoms. The van der Waals surface area contributed by atoms with Gasteiger partial charge in [0.2, 0.25) is 0 Å². The number of aryl methyl sites for hydroxylation is 1. The Morgan fingerprint density at radius 2 is 1.89 bits per heavy atom. The number of benzene rings is 1. The van der Waals surface area contributed by atoms with Gasteiger partial charge >= 0.3 is 0 Å². The van der Waals surface area contributed by atoms with Crippen LogP contribution < -0.4 is 5.73 Å². The van der Waals surface area contributed by atoms with Gasteiger partial charge in [0.1, 0.15) is 0 Å². The molecule has 2 rings (SSSR count). The lowest BCUT2D eigenvalue weighted by Crippen LogP contribution is -2.56. The summed E-state index contributed by atoms with van der Waals surface area (Å²) in [6.07, 6.45) is 0.493. The van der Waals surface area contributed by atoms with E-state index in [-0.39, 0.29) is 16.8 Å². The van der Waals surface area contributed by atoms with Crippen LogP contribution in [0.5, 0.6) is 0 Å². The SMILES string of the molecule is CCC(C)(C(N)=S)N1C(=O)c2ccc(C)cc2C1=O. The Balaban J connectivity index is 2.57. The van der Waals surface area contributed by atoms with Crippen LogP contribution in [0.15, 0.2) is 18.2 Å². The molecule has 4 nitrogen and oxygen atoms in total. The number of hydrogen-bond donors (Lipinski definition) is 1. The second-order valence-electron chi connectivity index (χ2n) is 4.99. The zero-order chi connectivity index (χ0) is 14.4. The number of carbonyl (C=O) groups is 2. The van der Waals surface area contributed by atoms with E-state index in [0.717, 1.165) is 5.56 Å². The zero-order valence-corrected chi connectivity index (χ0v) is 12.0. The topological polar surface area (TPSA) is 63.4 Å². The Morgan fingerprint density at radius 1 is 1.32 bits per heavy atom. The van der Waals surface area contributed by atoms with Crippen LogP contribution in [0.4, 0.5) is 0 Å². The van der Waals surface area contributed by atoms with E-state index >= 15 is 0 Å². The molecule has 0 aliphatic carbocycles. The maximum absolute atomic E-state index is 12.5. The van der Waals surface area contributed by atoms with Crippen LogP contribution in [-0.2, 0) is 0 Å². The zero-order valence-electron chi connectivity index (χ0n) is 11.2. The van der Waals surface area contributed by atoms with Crippen LogP contribution in [0.3, 0.4) is 0 Å². The second-order valence-corrected chi connectivity index (χ2v) is 5.43. The molecule has 1 heterocycles. The van der Waals surface area contributed by atoms with Gasteiger partial charge in [0, 0.05) is 0 Å².